The van der Waals surface area contributed by atoms with Crippen molar-refractivity contribution in [1.82, 2.24) is 15.3 Å². The SMILES string of the molecule is COc1cc(OC)c2cc(C(=O)NCc3cccnc3)[nH]c2c1OC. The standard InChI is InChI=1S/C18H19N3O4/c1-23-14-8-15(24-2)17(25-3)16-12(14)7-13(21-16)18(22)20-10-11-5-4-6-19-9-11/h4-9,21H,10H2,1-3H3,(H,20,22). The topological polar surface area (TPSA) is 85.5 Å². The van der Waals surface area contributed by atoms with E-state index in [2.05, 4.69) is 15.3 Å². The summed E-state index contributed by atoms with van der Waals surface area (Å²) in [6.07, 6.45) is 3.40. The zero-order valence-electron chi connectivity index (χ0n) is 14.3. The van der Waals surface area contributed by atoms with E-state index < -0.39 is 0 Å². The molecule has 0 aliphatic rings. The van der Waals surface area contributed by atoms with E-state index in [1.165, 1.54) is 0 Å². The van der Waals surface area contributed by atoms with Crippen molar-refractivity contribution < 1.29 is 19.0 Å². The molecule has 25 heavy (non-hydrogen) atoms. The highest BCUT2D eigenvalue weighted by Crippen LogP contribution is 2.41. The third kappa shape index (κ3) is 3.21. The normalized spacial score (nSPS) is 10.5. The minimum atomic E-state index is -0.233. The first-order valence-electron chi connectivity index (χ1n) is 7.66. The Morgan fingerprint density at radius 3 is 2.60 bits per heavy atom. The summed E-state index contributed by atoms with van der Waals surface area (Å²) in [6, 6.07) is 7.18. The van der Waals surface area contributed by atoms with Crippen LogP contribution in [0.3, 0.4) is 0 Å². The minimum Gasteiger partial charge on any atom is -0.496 e. The Hall–Kier alpha value is -3.22. The zero-order chi connectivity index (χ0) is 17.8. The third-order valence-electron chi connectivity index (χ3n) is 3.86. The van der Waals surface area contributed by atoms with Gasteiger partial charge in [-0.1, -0.05) is 6.07 Å². The Bertz CT molecular complexity index is 890. The highest BCUT2D eigenvalue weighted by molar-refractivity contribution is 6.02. The number of carbonyl (C=O) groups excluding carboxylic acids is 1. The quantitative estimate of drug-likeness (QED) is 0.719. The van der Waals surface area contributed by atoms with Crippen molar-refractivity contribution in [2.45, 2.75) is 6.54 Å². The van der Waals surface area contributed by atoms with E-state index in [0.717, 1.165) is 10.9 Å². The molecule has 2 heterocycles. The molecule has 0 unspecified atom stereocenters. The summed E-state index contributed by atoms with van der Waals surface area (Å²) in [7, 11) is 4.66. The Morgan fingerprint density at radius 1 is 1.16 bits per heavy atom. The molecule has 0 aliphatic heterocycles. The third-order valence-corrected chi connectivity index (χ3v) is 3.86. The van der Waals surface area contributed by atoms with Crippen molar-refractivity contribution in [3.05, 3.63) is 47.9 Å². The number of fused-ring (bicyclic) bond motifs is 1. The minimum absolute atomic E-state index is 0.233. The summed E-state index contributed by atoms with van der Waals surface area (Å²) in [5.41, 5.74) is 1.97. The molecule has 2 aromatic heterocycles. The highest BCUT2D eigenvalue weighted by atomic mass is 16.5. The lowest BCUT2D eigenvalue weighted by molar-refractivity contribution is 0.0946. The van der Waals surface area contributed by atoms with Crippen LogP contribution in [0.1, 0.15) is 16.1 Å². The second kappa shape index (κ2) is 7.12. The van der Waals surface area contributed by atoms with Gasteiger partial charge in [0.2, 0.25) is 0 Å². The molecule has 1 amide bonds. The van der Waals surface area contributed by atoms with Crippen LogP contribution in [0, 0.1) is 0 Å². The van der Waals surface area contributed by atoms with Crippen LogP contribution < -0.4 is 19.5 Å². The number of aromatic amines is 1. The van der Waals surface area contributed by atoms with Crippen LogP contribution in [-0.2, 0) is 6.54 Å². The van der Waals surface area contributed by atoms with Crippen LogP contribution >= 0.6 is 0 Å². The van der Waals surface area contributed by atoms with Crippen molar-refractivity contribution in [3.8, 4) is 17.2 Å². The van der Waals surface area contributed by atoms with Gasteiger partial charge in [0.1, 0.15) is 11.4 Å². The molecule has 0 saturated heterocycles. The molecule has 3 rings (SSSR count). The molecule has 3 aromatic rings. The smallest absolute Gasteiger partial charge is 0.268 e. The van der Waals surface area contributed by atoms with E-state index in [0.29, 0.717) is 35.0 Å². The zero-order valence-corrected chi connectivity index (χ0v) is 14.3. The predicted molar refractivity (Wildman–Crippen MR) is 93.4 cm³/mol. The summed E-state index contributed by atoms with van der Waals surface area (Å²) in [6.45, 7) is 0.389. The average molecular weight is 341 g/mol. The Labute approximate surface area is 144 Å². The number of hydrogen-bond donors (Lipinski definition) is 2. The molecule has 1 aromatic carbocycles. The van der Waals surface area contributed by atoms with Gasteiger partial charge in [0.05, 0.1) is 26.8 Å². The van der Waals surface area contributed by atoms with Gasteiger partial charge in [-0.2, -0.15) is 0 Å². The lowest BCUT2D eigenvalue weighted by Crippen LogP contribution is -2.23. The molecular formula is C18H19N3O4. The number of rotatable bonds is 6. The van der Waals surface area contributed by atoms with E-state index >= 15 is 0 Å². The number of pyridine rings is 1. The fraction of sp³-hybridized carbons (Fsp3) is 0.222. The maximum Gasteiger partial charge on any atom is 0.268 e. The van der Waals surface area contributed by atoms with E-state index in [-0.39, 0.29) is 5.91 Å². The van der Waals surface area contributed by atoms with Gasteiger partial charge in [0, 0.05) is 30.4 Å². The van der Waals surface area contributed by atoms with Crippen LogP contribution in [0.2, 0.25) is 0 Å². The lowest BCUT2D eigenvalue weighted by atomic mass is 10.2. The lowest BCUT2D eigenvalue weighted by Gasteiger charge is -2.11. The maximum atomic E-state index is 12.5. The van der Waals surface area contributed by atoms with Crippen molar-refractivity contribution in [2.24, 2.45) is 0 Å². The molecule has 130 valence electrons. The number of nitrogens with one attached hydrogen (secondary N) is 2. The number of ether oxygens (including phenoxy) is 3. The van der Waals surface area contributed by atoms with Gasteiger partial charge in [-0.15, -0.1) is 0 Å². The highest BCUT2D eigenvalue weighted by Gasteiger charge is 2.19. The van der Waals surface area contributed by atoms with Crippen molar-refractivity contribution in [3.63, 3.8) is 0 Å². The largest absolute Gasteiger partial charge is 0.496 e. The number of carbonyl (C=O) groups is 1. The van der Waals surface area contributed by atoms with Crippen LogP contribution in [-0.4, -0.2) is 37.2 Å². The number of nitrogens with zero attached hydrogens (tertiary/aromatic N) is 1. The van der Waals surface area contributed by atoms with Gasteiger partial charge in [0.15, 0.2) is 11.5 Å². The van der Waals surface area contributed by atoms with Gasteiger partial charge < -0.3 is 24.5 Å². The number of benzene rings is 1. The Balaban J connectivity index is 1.93. The summed E-state index contributed by atoms with van der Waals surface area (Å²) in [5.74, 6) is 1.40. The van der Waals surface area contributed by atoms with Crippen LogP contribution in [0.15, 0.2) is 36.7 Å². The Kier molecular flexibility index (Phi) is 4.74. The molecule has 0 atom stereocenters. The summed E-state index contributed by atoms with van der Waals surface area (Å²) < 4.78 is 16.1. The fourth-order valence-corrected chi connectivity index (χ4v) is 2.64. The molecular weight excluding hydrogens is 322 g/mol. The van der Waals surface area contributed by atoms with E-state index in [4.69, 9.17) is 14.2 Å². The number of hydrogen-bond acceptors (Lipinski definition) is 5. The van der Waals surface area contributed by atoms with Gasteiger partial charge in [0.25, 0.3) is 5.91 Å². The van der Waals surface area contributed by atoms with Gasteiger partial charge in [-0.05, 0) is 17.7 Å². The average Bonchev–Trinajstić information content (AvgIpc) is 3.10. The number of aromatic nitrogens is 2. The van der Waals surface area contributed by atoms with Gasteiger partial charge in [-0.25, -0.2) is 0 Å². The molecule has 0 radical (unpaired) electrons. The summed E-state index contributed by atoms with van der Waals surface area (Å²) >= 11 is 0. The summed E-state index contributed by atoms with van der Waals surface area (Å²) in [5, 5.41) is 3.60. The van der Waals surface area contributed by atoms with Crippen molar-refractivity contribution in [1.29, 1.82) is 0 Å². The maximum absolute atomic E-state index is 12.5. The number of methoxy groups -OCH3 is 3. The molecule has 0 saturated carbocycles. The second-order valence-corrected chi connectivity index (χ2v) is 5.33. The van der Waals surface area contributed by atoms with Crippen molar-refractivity contribution >= 4 is 16.8 Å². The number of H-pyrrole nitrogens is 1. The van der Waals surface area contributed by atoms with Gasteiger partial charge in [-0.3, -0.25) is 9.78 Å². The number of amides is 1. The van der Waals surface area contributed by atoms with Crippen LogP contribution in [0.25, 0.3) is 10.9 Å². The fourth-order valence-electron chi connectivity index (χ4n) is 2.64. The molecule has 7 heteroatoms. The first-order valence-corrected chi connectivity index (χ1v) is 7.66. The van der Waals surface area contributed by atoms with E-state index in [1.807, 2.05) is 12.1 Å². The van der Waals surface area contributed by atoms with Gasteiger partial charge >= 0.3 is 0 Å². The van der Waals surface area contributed by atoms with Crippen LogP contribution in [0.4, 0.5) is 0 Å². The first kappa shape index (κ1) is 16.6. The van der Waals surface area contributed by atoms with E-state index in [9.17, 15) is 4.79 Å². The molecule has 0 fully saturated rings. The summed E-state index contributed by atoms with van der Waals surface area (Å²) in [4.78, 5) is 19.6. The molecule has 0 bridgehead atoms. The Morgan fingerprint density at radius 2 is 1.96 bits per heavy atom. The molecule has 7 nitrogen and oxygen atoms in total. The molecule has 2 N–H and O–H groups in total. The first-order chi connectivity index (χ1) is 12.2. The second-order valence-electron chi connectivity index (χ2n) is 5.33. The van der Waals surface area contributed by atoms with E-state index in [1.54, 1.807) is 45.9 Å². The van der Waals surface area contributed by atoms with Crippen molar-refractivity contribution in [2.75, 3.05) is 21.3 Å². The molecule has 0 spiro atoms. The molecule has 0 aliphatic carbocycles. The predicted octanol–water partition coefficient (Wildman–Crippen LogP) is 2.52. The van der Waals surface area contributed by atoms with Crippen LogP contribution in [0.5, 0.6) is 17.2 Å². The monoisotopic (exact) mass is 341 g/mol.